The largest absolute Gasteiger partial charge is 0.365 e. The molecule has 21 heavy (non-hydrogen) atoms. The number of nitrogens with one attached hydrogen (secondary N) is 2. The van der Waals surface area contributed by atoms with Crippen molar-refractivity contribution in [3.63, 3.8) is 0 Å². The van der Waals surface area contributed by atoms with Crippen LogP contribution in [0.5, 0.6) is 0 Å². The molecule has 0 bridgehead atoms. The lowest BCUT2D eigenvalue weighted by atomic mass is 10.2. The predicted molar refractivity (Wildman–Crippen MR) is 87.2 cm³/mol. The van der Waals surface area contributed by atoms with Gasteiger partial charge < -0.3 is 5.32 Å². The summed E-state index contributed by atoms with van der Waals surface area (Å²) in [4.78, 5) is 4.32. The SMILES string of the molecule is CNc1nc(CCNS(=O)(=O)Cc2cccc(C)c2)cs1. The molecule has 0 unspecified atom stereocenters. The molecular formula is C14H19N3O2S2. The van der Waals surface area contributed by atoms with Gasteiger partial charge in [-0.3, -0.25) is 0 Å². The average Bonchev–Trinajstić information content (AvgIpc) is 2.86. The normalized spacial score (nSPS) is 11.5. The second-order valence-corrected chi connectivity index (χ2v) is 7.45. The maximum Gasteiger partial charge on any atom is 0.215 e. The maximum atomic E-state index is 12.0. The fourth-order valence-corrected chi connectivity index (χ4v) is 3.78. The van der Waals surface area contributed by atoms with Gasteiger partial charge in [-0.15, -0.1) is 11.3 Å². The highest BCUT2D eigenvalue weighted by atomic mass is 32.2. The molecular weight excluding hydrogens is 306 g/mol. The number of benzene rings is 1. The van der Waals surface area contributed by atoms with E-state index in [1.54, 1.807) is 0 Å². The van der Waals surface area contributed by atoms with Crippen LogP contribution >= 0.6 is 11.3 Å². The molecule has 2 N–H and O–H groups in total. The first-order valence-corrected chi connectivity index (χ1v) is 9.17. The van der Waals surface area contributed by atoms with Gasteiger partial charge >= 0.3 is 0 Å². The van der Waals surface area contributed by atoms with Gasteiger partial charge in [0.2, 0.25) is 10.0 Å². The monoisotopic (exact) mass is 325 g/mol. The third kappa shape index (κ3) is 5.11. The highest BCUT2D eigenvalue weighted by Gasteiger charge is 2.11. The maximum absolute atomic E-state index is 12.0. The van der Waals surface area contributed by atoms with Crippen molar-refractivity contribution in [3.8, 4) is 0 Å². The molecule has 0 fully saturated rings. The van der Waals surface area contributed by atoms with Gasteiger partial charge in [0.1, 0.15) is 0 Å². The molecule has 0 atom stereocenters. The standard InChI is InChI=1S/C14H19N3O2S2/c1-11-4-3-5-12(8-11)10-21(18,19)16-7-6-13-9-20-14(15-2)17-13/h3-5,8-9,16H,6-7,10H2,1-2H3,(H,15,17). The van der Waals surface area contributed by atoms with Crippen LogP contribution in [0.4, 0.5) is 5.13 Å². The first-order valence-electron chi connectivity index (χ1n) is 6.63. The number of hydrogen-bond donors (Lipinski definition) is 2. The van der Waals surface area contributed by atoms with E-state index in [1.165, 1.54) is 11.3 Å². The molecule has 0 aliphatic heterocycles. The van der Waals surface area contributed by atoms with Crippen LogP contribution in [0.1, 0.15) is 16.8 Å². The molecule has 0 radical (unpaired) electrons. The van der Waals surface area contributed by atoms with Gasteiger partial charge in [-0.2, -0.15) is 0 Å². The van der Waals surface area contributed by atoms with E-state index in [1.807, 2.05) is 43.6 Å². The van der Waals surface area contributed by atoms with Crippen molar-refractivity contribution >= 4 is 26.5 Å². The number of nitrogens with zero attached hydrogens (tertiary/aromatic N) is 1. The first-order chi connectivity index (χ1) is 9.98. The van der Waals surface area contributed by atoms with Crippen LogP contribution in [0.15, 0.2) is 29.6 Å². The van der Waals surface area contributed by atoms with Crippen LogP contribution in [0.25, 0.3) is 0 Å². The Morgan fingerprint density at radius 3 is 2.81 bits per heavy atom. The summed E-state index contributed by atoms with van der Waals surface area (Å²) in [5.74, 6) is 0.00745. The Morgan fingerprint density at radius 2 is 2.14 bits per heavy atom. The fourth-order valence-electron chi connectivity index (χ4n) is 1.94. The molecule has 7 heteroatoms. The van der Waals surface area contributed by atoms with Gasteiger partial charge in [0.05, 0.1) is 11.4 Å². The van der Waals surface area contributed by atoms with Crippen LogP contribution in [0, 0.1) is 6.92 Å². The van der Waals surface area contributed by atoms with Crippen molar-refractivity contribution in [1.29, 1.82) is 0 Å². The molecule has 114 valence electrons. The van der Waals surface area contributed by atoms with Gasteiger partial charge in [0, 0.05) is 25.4 Å². The van der Waals surface area contributed by atoms with Gasteiger partial charge in [-0.25, -0.2) is 18.1 Å². The topological polar surface area (TPSA) is 71.1 Å². The third-order valence-electron chi connectivity index (χ3n) is 2.91. The first kappa shape index (κ1) is 15.9. The van der Waals surface area contributed by atoms with E-state index >= 15 is 0 Å². The van der Waals surface area contributed by atoms with Crippen LogP contribution < -0.4 is 10.0 Å². The molecule has 1 heterocycles. The Labute approximate surface area is 129 Å². The van der Waals surface area contributed by atoms with E-state index in [-0.39, 0.29) is 5.75 Å². The van der Waals surface area contributed by atoms with Crippen LogP contribution in [-0.4, -0.2) is 27.0 Å². The second-order valence-electron chi connectivity index (χ2n) is 4.79. The Kier molecular flexibility index (Phi) is 5.33. The summed E-state index contributed by atoms with van der Waals surface area (Å²) in [6, 6.07) is 7.53. The van der Waals surface area contributed by atoms with Crippen molar-refractivity contribution in [2.45, 2.75) is 19.1 Å². The Balaban J connectivity index is 1.86. The molecule has 2 rings (SSSR count). The number of rotatable bonds is 7. The van der Waals surface area contributed by atoms with E-state index in [0.29, 0.717) is 13.0 Å². The summed E-state index contributed by atoms with van der Waals surface area (Å²) >= 11 is 1.51. The molecule has 0 aliphatic carbocycles. The zero-order valence-corrected chi connectivity index (χ0v) is 13.7. The van der Waals surface area contributed by atoms with Crippen molar-refractivity contribution in [2.24, 2.45) is 0 Å². The molecule has 1 aromatic carbocycles. The molecule has 0 spiro atoms. The quantitative estimate of drug-likeness (QED) is 0.818. The van der Waals surface area contributed by atoms with E-state index in [4.69, 9.17) is 0 Å². The lowest BCUT2D eigenvalue weighted by molar-refractivity contribution is 0.580. The minimum Gasteiger partial charge on any atom is -0.365 e. The van der Waals surface area contributed by atoms with Crippen molar-refractivity contribution < 1.29 is 8.42 Å². The highest BCUT2D eigenvalue weighted by Crippen LogP contribution is 2.14. The molecule has 5 nitrogen and oxygen atoms in total. The Morgan fingerprint density at radius 1 is 1.33 bits per heavy atom. The zero-order valence-electron chi connectivity index (χ0n) is 12.1. The molecule has 1 aromatic heterocycles. The number of aromatic nitrogens is 1. The van der Waals surface area contributed by atoms with Crippen molar-refractivity contribution in [3.05, 3.63) is 46.5 Å². The fraction of sp³-hybridized carbons (Fsp3) is 0.357. The number of hydrogen-bond acceptors (Lipinski definition) is 5. The van der Waals surface area contributed by atoms with Gasteiger partial charge in [-0.1, -0.05) is 29.8 Å². The summed E-state index contributed by atoms with van der Waals surface area (Å²) in [5.41, 5.74) is 2.75. The molecule has 2 aromatic rings. The van der Waals surface area contributed by atoms with E-state index < -0.39 is 10.0 Å². The minimum absolute atomic E-state index is 0.00745. The van der Waals surface area contributed by atoms with Gasteiger partial charge in [-0.05, 0) is 12.5 Å². The Hall–Kier alpha value is -1.44. The average molecular weight is 325 g/mol. The number of thiazole rings is 1. The second kappa shape index (κ2) is 7.02. The lowest BCUT2D eigenvalue weighted by Crippen LogP contribution is -2.27. The minimum atomic E-state index is -3.31. The van der Waals surface area contributed by atoms with Crippen molar-refractivity contribution in [2.75, 3.05) is 18.9 Å². The molecule has 0 saturated heterocycles. The summed E-state index contributed by atoms with van der Waals surface area (Å²) in [6.45, 7) is 2.31. The van der Waals surface area contributed by atoms with Gasteiger partial charge in [0.15, 0.2) is 5.13 Å². The summed E-state index contributed by atoms with van der Waals surface area (Å²) in [7, 11) is -1.50. The van der Waals surface area contributed by atoms with Crippen LogP contribution in [0.3, 0.4) is 0 Å². The number of aryl methyl sites for hydroxylation is 1. The Bertz CT molecular complexity index is 696. The van der Waals surface area contributed by atoms with E-state index in [0.717, 1.165) is 22.0 Å². The molecule has 0 aliphatic rings. The van der Waals surface area contributed by atoms with Gasteiger partial charge in [0.25, 0.3) is 0 Å². The van der Waals surface area contributed by atoms with E-state index in [9.17, 15) is 8.42 Å². The predicted octanol–water partition coefficient (Wildman–Crippen LogP) is 2.16. The van der Waals surface area contributed by atoms with E-state index in [2.05, 4.69) is 15.0 Å². The summed E-state index contributed by atoms with van der Waals surface area (Å²) in [6.07, 6.45) is 0.589. The molecule has 0 saturated carbocycles. The number of sulfonamides is 1. The highest BCUT2D eigenvalue weighted by molar-refractivity contribution is 7.88. The zero-order chi connectivity index (χ0) is 15.3. The molecule has 0 amide bonds. The third-order valence-corrected chi connectivity index (χ3v) is 5.17. The number of anilines is 1. The van der Waals surface area contributed by atoms with Crippen LogP contribution in [-0.2, 0) is 22.2 Å². The summed E-state index contributed by atoms with van der Waals surface area (Å²) < 4.78 is 26.7. The lowest BCUT2D eigenvalue weighted by Gasteiger charge is -2.06. The summed E-state index contributed by atoms with van der Waals surface area (Å²) in [5, 5.41) is 5.73. The van der Waals surface area contributed by atoms with Crippen molar-refractivity contribution in [1.82, 2.24) is 9.71 Å². The smallest absolute Gasteiger partial charge is 0.215 e. The van der Waals surface area contributed by atoms with Crippen LogP contribution in [0.2, 0.25) is 0 Å².